The summed E-state index contributed by atoms with van der Waals surface area (Å²) in [6.07, 6.45) is 8.59. The molecule has 1 fully saturated rings. The van der Waals surface area contributed by atoms with Gasteiger partial charge in [-0.25, -0.2) is 9.97 Å². The van der Waals surface area contributed by atoms with E-state index in [2.05, 4.69) is 20.6 Å². The Balaban J connectivity index is 1.55. The van der Waals surface area contributed by atoms with Gasteiger partial charge in [-0.1, -0.05) is 12.1 Å². The van der Waals surface area contributed by atoms with Crippen molar-refractivity contribution in [2.24, 2.45) is 0 Å². The highest BCUT2D eigenvalue weighted by Gasteiger charge is 2.25. The van der Waals surface area contributed by atoms with Crippen molar-refractivity contribution in [3.63, 3.8) is 0 Å². The molecule has 1 aromatic carbocycles. The van der Waals surface area contributed by atoms with Crippen molar-refractivity contribution in [2.45, 2.75) is 18.9 Å². The lowest BCUT2D eigenvalue weighted by Gasteiger charge is -2.11. The normalized spacial score (nSPS) is 13.2. The molecule has 26 heavy (non-hydrogen) atoms. The number of nitrogens with zero attached hydrogens (tertiary/aromatic N) is 3. The fourth-order valence-corrected chi connectivity index (χ4v) is 2.57. The van der Waals surface area contributed by atoms with Gasteiger partial charge in [-0.05, 0) is 37.1 Å². The van der Waals surface area contributed by atoms with E-state index in [1.54, 1.807) is 65.9 Å². The van der Waals surface area contributed by atoms with Gasteiger partial charge >= 0.3 is 0 Å². The third kappa shape index (κ3) is 3.46. The average molecular weight is 347 g/mol. The van der Waals surface area contributed by atoms with Gasteiger partial charge in [0.25, 0.3) is 11.8 Å². The van der Waals surface area contributed by atoms with Crippen molar-refractivity contribution in [1.82, 2.24) is 19.9 Å². The molecule has 1 aliphatic carbocycles. The number of carbonyl (C=O) groups is 2. The first-order valence-corrected chi connectivity index (χ1v) is 8.36. The fourth-order valence-electron chi connectivity index (χ4n) is 2.57. The molecular formula is C19H17N5O2. The quantitative estimate of drug-likeness (QED) is 0.742. The number of benzene rings is 1. The van der Waals surface area contributed by atoms with E-state index in [-0.39, 0.29) is 17.9 Å². The molecule has 0 atom stereocenters. The lowest BCUT2D eigenvalue weighted by atomic mass is 10.1. The van der Waals surface area contributed by atoms with Gasteiger partial charge in [0.1, 0.15) is 12.1 Å². The molecule has 0 bridgehead atoms. The van der Waals surface area contributed by atoms with Crippen molar-refractivity contribution in [1.29, 1.82) is 0 Å². The second kappa shape index (κ2) is 6.79. The van der Waals surface area contributed by atoms with Gasteiger partial charge in [0.05, 0.1) is 11.3 Å². The van der Waals surface area contributed by atoms with Crippen LogP contribution in [0.4, 0.5) is 5.69 Å². The Labute approximate surface area is 150 Å². The fraction of sp³-hybridized carbons (Fsp3) is 0.158. The molecule has 7 heteroatoms. The topological polar surface area (TPSA) is 88.9 Å². The molecule has 0 aliphatic heterocycles. The first kappa shape index (κ1) is 16.0. The van der Waals surface area contributed by atoms with Crippen LogP contribution in [0.2, 0.25) is 0 Å². The standard InChI is InChI=1S/C19H17N5O2/c25-18(13-7-8-21-17(11-13)24-10-9-20-12-24)23-16-4-2-1-3-15(16)19(26)22-14-5-6-14/h1-4,7-12,14H,5-6H2,(H,22,26)(H,23,25). The molecule has 3 aromatic rings. The van der Waals surface area contributed by atoms with Gasteiger partial charge in [0, 0.05) is 30.2 Å². The smallest absolute Gasteiger partial charge is 0.255 e. The molecule has 0 unspecified atom stereocenters. The molecule has 0 radical (unpaired) electrons. The Morgan fingerprint density at radius 3 is 2.69 bits per heavy atom. The van der Waals surface area contributed by atoms with E-state index in [0.29, 0.717) is 22.6 Å². The van der Waals surface area contributed by atoms with Crippen LogP contribution in [0.15, 0.2) is 61.3 Å². The Kier molecular flexibility index (Phi) is 4.18. The summed E-state index contributed by atoms with van der Waals surface area (Å²) < 4.78 is 1.72. The maximum Gasteiger partial charge on any atom is 0.255 e. The first-order valence-electron chi connectivity index (χ1n) is 8.36. The van der Waals surface area contributed by atoms with Crippen LogP contribution in [-0.4, -0.2) is 32.4 Å². The zero-order valence-corrected chi connectivity index (χ0v) is 13.9. The lowest BCUT2D eigenvalue weighted by molar-refractivity contribution is 0.0952. The van der Waals surface area contributed by atoms with Crippen molar-refractivity contribution in [2.75, 3.05) is 5.32 Å². The summed E-state index contributed by atoms with van der Waals surface area (Å²) >= 11 is 0. The first-order chi connectivity index (χ1) is 12.7. The highest BCUT2D eigenvalue weighted by molar-refractivity contribution is 6.09. The molecule has 2 heterocycles. The molecular weight excluding hydrogens is 330 g/mol. The summed E-state index contributed by atoms with van der Waals surface area (Å²) in [5.41, 5.74) is 1.38. The van der Waals surface area contributed by atoms with Gasteiger partial charge in [-0.2, -0.15) is 0 Å². The second-order valence-corrected chi connectivity index (χ2v) is 6.12. The number of para-hydroxylation sites is 1. The lowest BCUT2D eigenvalue weighted by Crippen LogP contribution is -2.27. The van der Waals surface area contributed by atoms with E-state index < -0.39 is 0 Å². The molecule has 0 spiro atoms. The minimum absolute atomic E-state index is 0.169. The Morgan fingerprint density at radius 1 is 1.08 bits per heavy atom. The third-order valence-electron chi connectivity index (χ3n) is 4.11. The molecule has 2 N–H and O–H groups in total. The number of nitrogens with one attached hydrogen (secondary N) is 2. The number of aromatic nitrogens is 3. The van der Waals surface area contributed by atoms with E-state index in [1.807, 2.05) is 0 Å². The molecule has 1 saturated carbocycles. The summed E-state index contributed by atoms with van der Waals surface area (Å²) in [5, 5.41) is 5.76. The number of anilines is 1. The summed E-state index contributed by atoms with van der Waals surface area (Å²) in [6.45, 7) is 0. The zero-order valence-electron chi connectivity index (χ0n) is 13.9. The van der Waals surface area contributed by atoms with Crippen LogP contribution in [0.5, 0.6) is 0 Å². The van der Waals surface area contributed by atoms with Crippen molar-refractivity contribution in [3.8, 4) is 5.82 Å². The predicted molar refractivity (Wildman–Crippen MR) is 96.2 cm³/mol. The van der Waals surface area contributed by atoms with Gasteiger partial charge in [0.2, 0.25) is 0 Å². The van der Waals surface area contributed by atoms with E-state index in [0.717, 1.165) is 12.8 Å². The Hall–Kier alpha value is -3.48. The van der Waals surface area contributed by atoms with E-state index in [1.165, 1.54) is 0 Å². The van der Waals surface area contributed by atoms with E-state index in [9.17, 15) is 9.59 Å². The second-order valence-electron chi connectivity index (χ2n) is 6.12. The predicted octanol–water partition coefficient (Wildman–Crippen LogP) is 2.41. The molecule has 1 aliphatic rings. The zero-order chi connectivity index (χ0) is 17.9. The Bertz CT molecular complexity index is 948. The molecule has 0 saturated heterocycles. The number of carbonyl (C=O) groups excluding carboxylic acids is 2. The van der Waals surface area contributed by atoms with Crippen LogP contribution in [-0.2, 0) is 0 Å². The van der Waals surface area contributed by atoms with Crippen LogP contribution in [0, 0.1) is 0 Å². The highest BCUT2D eigenvalue weighted by Crippen LogP contribution is 2.22. The third-order valence-corrected chi connectivity index (χ3v) is 4.11. The van der Waals surface area contributed by atoms with Gasteiger partial charge < -0.3 is 10.6 Å². The van der Waals surface area contributed by atoms with Crippen LogP contribution < -0.4 is 10.6 Å². The van der Waals surface area contributed by atoms with Crippen molar-refractivity contribution >= 4 is 17.5 Å². The number of hydrogen-bond acceptors (Lipinski definition) is 4. The largest absolute Gasteiger partial charge is 0.349 e. The maximum absolute atomic E-state index is 12.6. The molecule has 7 nitrogen and oxygen atoms in total. The van der Waals surface area contributed by atoms with Crippen LogP contribution in [0.25, 0.3) is 5.82 Å². The van der Waals surface area contributed by atoms with Crippen molar-refractivity contribution in [3.05, 3.63) is 72.4 Å². The minimum Gasteiger partial charge on any atom is -0.349 e. The monoisotopic (exact) mass is 347 g/mol. The highest BCUT2D eigenvalue weighted by atomic mass is 16.2. The van der Waals surface area contributed by atoms with Gasteiger partial charge in [0.15, 0.2) is 0 Å². The number of pyridine rings is 1. The summed E-state index contributed by atoms with van der Waals surface area (Å²) in [6, 6.07) is 10.5. The van der Waals surface area contributed by atoms with Gasteiger partial charge in [-0.3, -0.25) is 14.2 Å². The van der Waals surface area contributed by atoms with E-state index in [4.69, 9.17) is 0 Å². The molecule has 4 rings (SSSR count). The summed E-state index contributed by atoms with van der Waals surface area (Å²) in [7, 11) is 0. The van der Waals surface area contributed by atoms with Crippen molar-refractivity contribution < 1.29 is 9.59 Å². The van der Waals surface area contributed by atoms with Crippen LogP contribution in [0.1, 0.15) is 33.6 Å². The number of amides is 2. The SMILES string of the molecule is O=C(Nc1ccccc1C(=O)NC1CC1)c1ccnc(-n2ccnc2)c1. The van der Waals surface area contributed by atoms with Crippen LogP contribution >= 0.6 is 0 Å². The number of imidazole rings is 1. The summed E-state index contributed by atoms with van der Waals surface area (Å²) in [5.74, 6) is 0.118. The molecule has 2 aromatic heterocycles. The number of hydrogen-bond donors (Lipinski definition) is 2. The molecule has 130 valence electrons. The van der Waals surface area contributed by atoms with Crippen LogP contribution in [0.3, 0.4) is 0 Å². The summed E-state index contributed by atoms with van der Waals surface area (Å²) in [4.78, 5) is 33.2. The Morgan fingerprint density at radius 2 is 1.92 bits per heavy atom. The van der Waals surface area contributed by atoms with Gasteiger partial charge in [-0.15, -0.1) is 0 Å². The minimum atomic E-state index is -0.305. The average Bonchev–Trinajstić information content (AvgIpc) is 3.31. The molecule has 2 amide bonds. The van der Waals surface area contributed by atoms with E-state index >= 15 is 0 Å². The number of rotatable bonds is 5. The maximum atomic E-state index is 12.6.